The van der Waals surface area contributed by atoms with Gasteiger partial charge in [-0.2, -0.15) is 0 Å². The molecule has 1 aromatic heterocycles. The number of hydrogen-bond acceptors (Lipinski definition) is 4. The van der Waals surface area contributed by atoms with Crippen LogP contribution in [-0.4, -0.2) is 58.2 Å². The molecule has 0 aliphatic carbocycles. The highest BCUT2D eigenvalue weighted by molar-refractivity contribution is 5.82. The van der Waals surface area contributed by atoms with Crippen LogP contribution in [0.25, 0.3) is 0 Å². The predicted molar refractivity (Wildman–Crippen MR) is 94.7 cm³/mol. The lowest BCUT2D eigenvalue weighted by atomic mass is 9.99. The van der Waals surface area contributed by atoms with Gasteiger partial charge in [-0.05, 0) is 32.6 Å². The normalized spacial score (nSPS) is 23.4. The molecule has 1 N–H and O–H groups in total. The maximum atomic E-state index is 12.7. The third kappa shape index (κ3) is 5.60. The highest BCUT2D eigenvalue weighted by Gasteiger charge is 2.33. The molecule has 1 amide bonds. The van der Waals surface area contributed by atoms with Crippen LogP contribution in [0.4, 0.5) is 0 Å². The van der Waals surface area contributed by atoms with Crippen molar-refractivity contribution in [3.8, 4) is 0 Å². The molecule has 2 heterocycles. The average molecular weight is 336 g/mol. The van der Waals surface area contributed by atoms with E-state index in [9.17, 15) is 4.79 Å². The van der Waals surface area contributed by atoms with Crippen LogP contribution in [0.2, 0.25) is 0 Å². The Morgan fingerprint density at radius 3 is 2.58 bits per heavy atom. The lowest BCUT2D eigenvalue weighted by molar-refractivity contribution is -0.135. The second-order valence-electron chi connectivity index (χ2n) is 7.20. The van der Waals surface area contributed by atoms with E-state index >= 15 is 0 Å². The summed E-state index contributed by atoms with van der Waals surface area (Å²) in [6.07, 6.45) is 7.96. The van der Waals surface area contributed by atoms with Gasteiger partial charge in [-0.15, -0.1) is 0 Å². The first-order valence-corrected chi connectivity index (χ1v) is 9.10. The molecule has 2 rings (SSSR count). The summed E-state index contributed by atoms with van der Waals surface area (Å²) >= 11 is 0. The number of carbonyl (C=O) groups excluding carboxylic acids is 1. The molecule has 0 bridgehead atoms. The Bertz CT molecular complexity index is 479. The first-order valence-electron chi connectivity index (χ1n) is 9.10. The van der Waals surface area contributed by atoms with Crippen LogP contribution in [0.3, 0.4) is 0 Å². The quantitative estimate of drug-likeness (QED) is 0.737. The van der Waals surface area contributed by atoms with E-state index in [0.29, 0.717) is 0 Å². The largest absolute Gasteiger partial charge is 0.373 e. The topological polar surface area (TPSA) is 59.4 Å². The molecule has 0 spiro atoms. The first-order chi connectivity index (χ1) is 11.5. The Labute approximate surface area is 145 Å². The number of nitrogens with one attached hydrogen (secondary N) is 1. The van der Waals surface area contributed by atoms with Crippen molar-refractivity contribution < 1.29 is 9.53 Å². The van der Waals surface area contributed by atoms with Gasteiger partial charge in [-0.25, -0.2) is 4.98 Å². The van der Waals surface area contributed by atoms with E-state index in [2.05, 4.69) is 47.5 Å². The minimum Gasteiger partial charge on any atom is -0.373 e. The van der Waals surface area contributed by atoms with E-state index < -0.39 is 0 Å². The fraction of sp³-hybridized carbons (Fsp3) is 0.778. The van der Waals surface area contributed by atoms with Crippen LogP contribution in [0.5, 0.6) is 0 Å². The van der Waals surface area contributed by atoms with Gasteiger partial charge in [0.1, 0.15) is 0 Å². The van der Waals surface area contributed by atoms with Gasteiger partial charge >= 0.3 is 0 Å². The third-order valence-corrected chi connectivity index (χ3v) is 4.44. The number of imidazole rings is 1. The Morgan fingerprint density at radius 1 is 1.29 bits per heavy atom. The van der Waals surface area contributed by atoms with E-state index in [1.807, 2.05) is 12.5 Å². The third-order valence-electron chi connectivity index (χ3n) is 4.44. The standard InChI is InChI=1S/C18H32N4O2/c1-14(2)17(22-11-15(3)24-16(4)12-22)18(23)20-7-5-6-9-21-10-8-19-13-21/h8,10,13-17H,5-7,9,11-12H2,1-4H3,(H,20,23). The Kier molecular flexibility index (Phi) is 7.24. The van der Waals surface area contributed by atoms with Crippen molar-refractivity contribution in [1.82, 2.24) is 19.8 Å². The molecular formula is C18H32N4O2. The highest BCUT2D eigenvalue weighted by Crippen LogP contribution is 2.18. The molecule has 1 aliphatic heterocycles. The van der Waals surface area contributed by atoms with Crippen molar-refractivity contribution in [2.24, 2.45) is 5.92 Å². The van der Waals surface area contributed by atoms with Crippen molar-refractivity contribution in [3.05, 3.63) is 18.7 Å². The Hall–Kier alpha value is -1.40. The fourth-order valence-electron chi connectivity index (χ4n) is 3.49. The minimum absolute atomic E-state index is 0.0764. The number of amides is 1. The summed E-state index contributed by atoms with van der Waals surface area (Å²) in [7, 11) is 0. The van der Waals surface area contributed by atoms with Crippen LogP contribution in [-0.2, 0) is 16.1 Å². The van der Waals surface area contributed by atoms with Gasteiger partial charge in [0.2, 0.25) is 5.91 Å². The highest BCUT2D eigenvalue weighted by atomic mass is 16.5. The lowest BCUT2D eigenvalue weighted by Gasteiger charge is -2.41. The summed E-state index contributed by atoms with van der Waals surface area (Å²) in [5, 5.41) is 3.12. The monoisotopic (exact) mass is 336 g/mol. The van der Waals surface area contributed by atoms with Crippen LogP contribution in [0, 0.1) is 5.92 Å². The van der Waals surface area contributed by atoms with Crippen LogP contribution < -0.4 is 5.32 Å². The maximum Gasteiger partial charge on any atom is 0.237 e. The molecule has 1 saturated heterocycles. The number of ether oxygens (including phenoxy) is 1. The second kappa shape index (κ2) is 9.18. The number of rotatable bonds is 8. The molecule has 1 aliphatic rings. The Balaban J connectivity index is 1.76. The molecule has 136 valence electrons. The minimum atomic E-state index is -0.0764. The van der Waals surface area contributed by atoms with Crippen molar-refractivity contribution in [3.63, 3.8) is 0 Å². The zero-order valence-corrected chi connectivity index (χ0v) is 15.4. The number of morpholine rings is 1. The summed E-state index contributed by atoms with van der Waals surface area (Å²) in [5.41, 5.74) is 0. The molecule has 3 unspecified atom stereocenters. The van der Waals surface area contributed by atoms with Crippen molar-refractivity contribution in [2.45, 2.75) is 65.3 Å². The number of aryl methyl sites for hydroxylation is 1. The van der Waals surface area contributed by atoms with Crippen LogP contribution in [0.15, 0.2) is 18.7 Å². The smallest absolute Gasteiger partial charge is 0.237 e. The number of nitrogens with zero attached hydrogens (tertiary/aromatic N) is 3. The van der Waals surface area contributed by atoms with Crippen molar-refractivity contribution >= 4 is 5.91 Å². The van der Waals surface area contributed by atoms with Gasteiger partial charge in [-0.3, -0.25) is 9.69 Å². The van der Waals surface area contributed by atoms with E-state index in [4.69, 9.17) is 4.74 Å². The maximum absolute atomic E-state index is 12.7. The molecule has 6 nitrogen and oxygen atoms in total. The zero-order valence-electron chi connectivity index (χ0n) is 15.4. The predicted octanol–water partition coefficient (Wildman–Crippen LogP) is 1.91. The average Bonchev–Trinajstić information content (AvgIpc) is 2.99. The molecule has 0 saturated carbocycles. The lowest BCUT2D eigenvalue weighted by Crippen LogP contribution is -2.57. The van der Waals surface area contributed by atoms with Crippen LogP contribution >= 0.6 is 0 Å². The molecule has 1 aromatic rings. The zero-order chi connectivity index (χ0) is 17.5. The van der Waals surface area contributed by atoms with Crippen molar-refractivity contribution in [2.75, 3.05) is 19.6 Å². The number of carbonyl (C=O) groups is 1. The molecule has 0 aromatic carbocycles. The van der Waals surface area contributed by atoms with E-state index in [-0.39, 0.29) is 30.1 Å². The summed E-state index contributed by atoms with van der Waals surface area (Å²) in [5.74, 6) is 0.433. The number of hydrogen-bond donors (Lipinski definition) is 1. The van der Waals surface area contributed by atoms with E-state index in [0.717, 1.165) is 39.0 Å². The van der Waals surface area contributed by atoms with Gasteiger partial charge in [0.05, 0.1) is 24.6 Å². The molecule has 1 fully saturated rings. The van der Waals surface area contributed by atoms with E-state index in [1.54, 1.807) is 6.20 Å². The van der Waals surface area contributed by atoms with E-state index in [1.165, 1.54) is 0 Å². The van der Waals surface area contributed by atoms with Gasteiger partial charge < -0.3 is 14.6 Å². The van der Waals surface area contributed by atoms with Crippen LogP contribution in [0.1, 0.15) is 40.5 Å². The molecule has 24 heavy (non-hydrogen) atoms. The van der Waals surface area contributed by atoms with Gasteiger partial charge in [0.25, 0.3) is 0 Å². The summed E-state index contributed by atoms with van der Waals surface area (Å²) in [6, 6.07) is -0.0764. The SMILES string of the molecule is CC1CN(C(C(=O)NCCCCn2ccnc2)C(C)C)CC(C)O1. The summed E-state index contributed by atoms with van der Waals surface area (Å²) < 4.78 is 7.86. The van der Waals surface area contributed by atoms with Gasteiger partial charge in [0, 0.05) is 38.6 Å². The molecule has 6 heteroatoms. The second-order valence-corrected chi connectivity index (χ2v) is 7.20. The number of aromatic nitrogens is 2. The Morgan fingerprint density at radius 2 is 2.00 bits per heavy atom. The van der Waals surface area contributed by atoms with Crippen molar-refractivity contribution in [1.29, 1.82) is 0 Å². The number of unbranched alkanes of at least 4 members (excludes halogenated alkanes) is 1. The molecular weight excluding hydrogens is 304 g/mol. The van der Waals surface area contributed by atoms with Gasteiger partial charge in [0.15, 0.2) is 0 Å². The molecule has 3 atom stereocenters. The summed E-state index contributed by atoms with van der Waals surface area (Å²) in [6.45, 7) is 11.7. The fourth-order valence-corrected chi connectivity index (χ4v) is 3.49. The summed E-state index contributed by atoms with van der Waals surface area (Å²) in [4.78, 5) is 19.0. The van der Waals surface area contributed by atoms with Gasteiger partial charge in [-0.1, -0.05) is 13.8 Å². The molecule has 0 radical (unpaired) electrons. The first kappa shape index (κ1) is 18.9.